The summed E-state index contributed by atoms with van der Waals surface area (Å²) in [5, 5.41) is 2.08. The van der Waals surface area contributed by atoms with Crippen LogP contribution in [-0.2, 0) is 11.2 Å². The van der Waals surface area contributed by atoms with Crippen molar-refractivity contribution in [1.82, 2.24) is 20.2 Å². The highest BCUT2D eigenvalue weighted by molar-refractivity contribution is 5.80. The Bertz CT molecular complexity index is 963. The van der Waals surface area contributed by atoms with Crippen molar-refractivity contribution >= 4 is 5.91 Å². The molecule has 1 aromatic carbocycles. The summed E-state index contributed by atoms with van der Waals surface area (Å²) in [7, 11) is 0. The number of hydrazine groups is 1. The van der Waals surface area contributed by atoms with E-state index in [0.717, 1.165) is 45.6 Å². The second kappa shape index (κ2) is 11.2. The molecule has 0 saturated carbocycles. The number of allylic oxidation sites excluding steroid dienone is 1. The molecule has 1 aromatic rings. The van der Waals surface area contributed by atoms with Crippen LogP contribution < -0.4 is 5.43 Å². The molecule has 1 amide bonds. The van der Waals surface area contributed by atoms with Crippen molar-refractivity contribution < 1.29 is 4.79 Å². The molecule has 1 aliphatic carbocycles. The van der Waals surface area contributed by atoms with Crippen molar-refractivity contribution in [2.45, 2.75) is 70.0 Å². The molecular weight excluding hydrogens is 432 g/mol. The summed E-state index contributed by atoms with van der Waals surface area (Å²) in [5.41, 5.74) is 7.29. The first kappa shape index (κ1) is 24.5. The fraction of sp³-hybridized carbons (Fsp3) is 0.567. The number of aryl methyl sites for hydroxylation is 1. The van der Waals surface area contributed by atoms with Crippen molar-refractivity contribution in [1.29, 1.82) is 0 Å². The zero-order valence-corrected chi connectivity index (χ0v) is 21.4. The third-order valence-corrected chi connectivity index (χ3v) is 8.44. The molecule has 4 atom stereocenters. The number of nitrogens with one attached hydrogen (secondary N) is 1. The fourth-order valence-electron chi connectivity index (χ4n) is 6.57. The molecule has 5 nitrogen and oxygen atoms in total. The van der Waals surface area contributed by atoms with Crippen LogP contribution in [0.2, 0.25) is 0 Å². The van der Waals surface area contributed by atoms with Gasteiger partial charge in [0, 0.05) is 44.8 Å². The molecule has 5 heteroatoms. The summed E-state index contributed by atoms with van der Waals surface area (Å²) >= 11 is 0. The standard InChI is InChI=1S/C30H42N4O/c1-3-17-32-20-16-27-14-15-28(22-32)34(27)29(26-9-7-8-23(4-2)21-26)24-10-12-25(13-11-24)30(35)31-33-18-5-6-19-33/h3,7-12,21,25,27-29H,1,4-6,13-20,22H2,2H3,(H,31,35). The van der Waals surface area contributed by atoms with Gasteiger partial charge >= 0.3 is 0 Å². The second-order valence-electron chi connectivity index (χ2n) is 10.7. The van der Waals surface area contributed by atoms with E-state index in [9.17, 15) is 4.79 Å². The number of nitrogens with zero attached hydrogens (tertiary/aromatic N) is 3. The normalized spacial score (nSPS) is 28.5. The van der Waals surface area contributed by atoms with Crippen LogP contribution in [0, 0.1) is 5.92 Å². The lowest BCUT2D eigenvalue weighted by Crippen LogP contribution is -2.43. The van der Waals surface area contributed by atoms with E-state index in [1.807, 2.05) is 6.08 Å². The molecule has 0 radical (unpaired) electrons. The van der Waals surface area contributed by atoms with Crippen LogP contribution in [0.1, 0.15) is 62.6 Å². The maximum Gasteiger partial charge on any atom is 0.241 e. The Balaban J connectivity index is 1.39. The van der Waals surface area contributed by atoms with Gasteiger partial charge in [0.2, 0.25) is 5.91 Å². The van der Waals surface area contributed by atoms with Gasteiger partial charge in [0.25, 0.3) is 0 Å². The van der Waals surface area contributed by atoms with Crippen LogP contribution in [0.15, 0.2) is 60.7 Å². The van der Waals surface area contributed by atoms with Crippen molar-refractivity contribution in [3.63, 3.8) is 0 Å². The largest absolute Gasteiger partial charge is 0.298 e. The van der Waals surface area contributed by atoms with E-state index in [0.29, 0.717) is 12.1 Å². The lowest BCUT2D eigenvalue weighted by molar-refractivity contribution is -0.128. The van der Waals surface area contributed by atoms with Gasteiger partial charge in [-0.05, 0) is 61.6 Å². The van der Waals surface area contributed by atoms with Crippen LogP contribution in [0.25, 0.3) is 0 Å². The van der Waals surface area contributed by atoms with Crippen molar-refractivity contribution in [2.75, 3.05) is 32.7 Å². The summed E-state index contributed by atoms with van der Waals surface area (Å²) in [6.07, 6.45) is 16.7. The minimum absolute atomic E-state index is 0.0779. The maximum absolute atomic E-state index is 12.9. The lowest BCUT2D eigenvalue weighted by atomic mass is 9.87. The summed E-state index contributed by atoms with van der Waals surface area (Å²) in [6, 6.07) is 10.6. The molecule has 188 valence electrons. The molecular formula is C30H42N4O. The van der Waals surface area contributed by atoms with Gasteiger partial charge in [-0.15, -0.1) is 6.58 Å². The lowest BCUT2D eigenvalue weighted by Gasteiger charge is -2.38. The maximum atomic E-state index is 12.9. The number of carbonyl (C=O) groups is 1. The van der Waals surface area contributed by atoms with Gasteiger partial charge < -0.3 is 0 Å². The molecule has 35 heavy (non-hydrogen) atoms. The highest BCUT2D eigenvalue weighted by Gasteiger charge is 2.42. The third kappa shape index (κ3) is 5.47. The third-order valence-electron chi connectivity index (χ3n) is 8.44. The molecule has 0 aromatic heterocycles. The highest BCUT2D eigenvalue weighted by Crippen LogP contribution is 2.42. The number of rotatable bonds is 8. The second-order valence-corrected chi connectivity index (χ2v) is 10.7. The van der Waals surface area contributed by atoms with E-state index in [-0.39, 0.29) is 17.9 Å². The Hall–Kier alpha value is -2.21. The predicted octanol–water partition coefficient (Wildman–Crippen LogP) is 4.64. The Kier molecular flexibility index (Phi) is 7.86. The van der Waals surface area contributed by atoms with Gasteiger partial charge in [-0.3, -0.25) is 20.0 Å². The van der Waals surface area contributed by atoms with Crippen LogP contribution >= 0.6 is 0 Å². The molecule has 2 bridgehead atoms. The Morgan fingerprint density at radius 1 is 1.17 bits per heavy atom. The molecule has 4 unspecified atom stereocenters. The minimum atomic E-state index is -0.0779. The van der Waals surface area contributed by atoms with Crippen molar-refractivity contribution in [2.24, 2.45) is 5.92 Å². The molecule has 3 aliphatic heterocycles. The molecule has 3 saturated heterocycles. The number of carbonyl (C=O) groups excluding carboxylic acids is 1. The van der Waals surface area contributed by atoms with Gasteiger partial charge in [0.15, 0.2) is 0 Å². The fourth-order valence-corrected chi connectivity index (χ4v) is 6.57. The molecule has 5 rings (SSSR count). The minimum Gasteiger partial charge on any atom is -0.298 e. The van der Waals surface area contributed by atoms with E-state index in [1.165, 1.54) is 48.8 Å². The summed E-state index contributed by atoms with van der Waals surface area (Å²) in [6.45, 7) is 11.4. The van der Waals surface area contributed by atoms with Crippen molar-refractivity contribution in [3.05, 3.63) is 71.8 Å². The number of benzene rings is 1. The SMILES string of the molecule is C=CCN1CCC2CCC(C1)N2C(C1=CCC(C(=O)NN2CCCC2)C=C1)c1cccc(CC)c1. The van der Waals surface area contributed by atoms with E-state index < -0.39 is 0 Å². The molecule has 0 spiro atoms. The number of fused-ring (bicyclic) bond motifs is 2. The van der Waals surface area contributed by atoms with E-state index in [1.54, 1.807) is 0 Å². The zero-order valence-electron chi connectivity index (χ0n) is 21.4. The Morgan fingerprint density at radius 2 is 2.00 bits per heavy atom. The predicted molar refractivity (Wildman–Crippen MR) is 143 cm³/mol. The molecule has 3 heterocycles. The zero-order chi connectivity index (χ0) is 24.2. The number of hydrogen-bond acceptors (Lipinski definition) is 4. The van der Waals surface area contributed by atoms with E-state index in [4.69, 9.17) is 0 Å². The number of likely N-dealkylation sites (tertiary alicyclic amines) is 1. The van der Waals surface area contributed by atoms with Gasteiger partial charge in [0.1, 0.15) is 0 Å². The van der Waals surface area contributed by atoms with Gasteiger partial charge in [0.05, 0.1) is 12.0 Å². The van der Waals surface area contributed by atoms with Crippen LogP contribution in [0.3, 0.4) is 0 Å². The van der Waals surface area contributed by atoms with Gasteiger partial charge in [-0.1, -0.05) is 55.5 Å². The summed E-state index contributed by atoms with van der Waals surface area (Å²) < 4.78 is 0. The van der Waals surface area contributed by atoms with Crippen molar-refractivity contribution in [3.8, 4) is 0 Å². The van der Waals surface area contributed by atoms with Crippen LogP contribution in [0.4, 0.5) is 0 Å². The molecule has 3 fully saturated rings. The first-order valence-corrected chi connectivity index (χ1v) is 13.8. The Morgan fingerprint density at radius 3 is 2.74 bits per heavy atom. The van der Waals surface area contributed by atoms with E-state index >= 15 is 0 Å². The molecule has 4 aliphatic rings. The monoisotopic (exact) mass is 474 g/mol. The summed E-state index contributed by atoms with van der Waals surface area (Å²) in [5.74, 6) is 0.0591. The average molecular weight is 475 g/mol. The highest BCUT2D eigenvalue weighted by atomic mass is 16.2. The number of hydrogen-bond donors (Lipinski definition) is 1. The average Bonchev–Trinajstić information content (AvgIpc) is 3.49. The number of amides is 1. The molecule has 1 N–H and O–H groups in total. The summed E-state index contributed by atoms with van der Waals surface area (Å²) in [4.78, 5) is 18.3. The van der Waals surface area contributed by atoms with Crippen LogP contribution in [0.5, 0.6) is 0 Å². The first-order chi connectivity index (χ1) is 17.2. The smallest absolute Gasteiger partial charge is 0.241 e. The topological polar surface area (TPSA) is 38.8 Å². The Labute approximate surface area is 211 Å². The quantitative estimate of drug-likeness (QED) is 0.557. The van der Waals surface area contributed by atoms with E-state index in [2.05, 4.69) is 76.2 Å². The van der Waals surface area contributed by atoms with Gasteiger partial charge in [-0.25, -0.2) is 5.01 Å². The first-order valence-electron chi connectivity index (χ1n) is 13.8. The van der Waals surface area contributed by atoms with Gasteiger partial charge in [-0.2, -0.15) is 0 Å². The van der Waals surface area contributed by atoms with Crippen LogP contribution in [-0.4, -0.2) is 65.5 Å².